The lowest BCUT2D eigenvalue weighted by atomic mass is 10.2. The maximum Gasteiger partial charge on any atom is 0.342 e. The minimum atomic E-state index is -1.13. The first-order valence-electron chi connectivity index (χ1n) is 8.11. The molecule has 8 heteroatoms. The minimum absolute atomic E-state index is 0.00839. The van der Waals surface area contributed by atoms with E-state index in [2.05, 4.69) is 16.8 Å². The Morgan fingerprint density at radius 3 is 2.54 bits per heavy atom. The van der Waals surface area contributed by atoms with Gasteiger partial charge >= 0.3 is 5.97 Å². The molecule has 3 rings (SSSR count). The van der Waals surface area contributed by atoms with E-state index >= 15 is 0 Å². The van der Waals surface area contributed by atoms with Crippen LogP contribution in [-0.4, -0.2) is 27.9 Å². The third-order valence-electron chi connectivity index (χ3n) is 3.45. The van der Waals surface area contributed by atoms with Crippen LogP contribution in [0, 0.1) is 5.82 Å². The van der Waals surface area contributed by atoms with E-state index in [4.69, 9.17) is 9.15 Å². The standard InChI is InChI=1S/C20H15FN2O4S/c1-2-11-26-16-9-3-13(4-10-16)12-17(19(24)25)28-20-23-22-18(27-20)14-5-7-15(21)8-6-14/h2-10,12H,1,11H2,(H,24,25)/b17-12-. The van der Waals surface area contributed by atoms with Crippen LogP contribution in [0.2, 0.25) is 0 Å². The van der Waals surface area contributed by atoms with E-state index in [1.54, 1.807) is 30.3 Å². The molecule has 0 aliphatic rings. The zero-order chi connectivity index (χ0) is 19.9. The van der Waals surface area contributed by atoms with Gasteiger partial charge in [0.1, 0.15) is 23.1 Å². The van der Waals surface area contributed by atoms with Gasteiger partial charge in [0.25, 0.3) is 5.22 Å². The maximum atomic E-state index is 13.0. The molecule has 0 bridgehead atoms. The van der Waals surface area contributed by atoms with Gasteiger partial charge in [-0.2, -0.15) is 0 Å². The second-order valence-electron chi connectivity index (χ2n) is 5.46. The van der Waals surface area contributed by atoms with Gasteiger partial charge in [-0.15, -0.1) is 10.2 Å². The van der Waals surface area contributed by atoms with Crippen LogP contribution < -0.4 is 4.74 Å². The lowest BCUT2D eigenvalue weighted by Gasteiger charge is -2.03. The van der Waals surface area contributed by atoms with Crippen molar-refractivity contribution in [3.05, 3.63) is 77.5 Å². The van der Waals surface area contributed by atoms with E-state index in [0.717, 1.165) is 11.8 Å². The van der Waals surface area contributed by atoms with Crippen molar-refractivity contribution in [2.45, 2.75) is 5.22 Å². The molecule has 142 valence electrons. The van der Waals surface area contributed by atoms with Crippen molar-refractivity contribution >= 4 is 23.8 Å². The lowest BCUT2D eigenvalue weighted by molar-refractivity contribution is -0.131. The van der Waals surface area contributed by atoms with Crippen LogP contribution in [0.25, 0.3) is 17.5 Å². The Morgan fingerprint density at radius 2 is 1.89 bits per heavy atom. The van der Waals surface area contributed by atoms with Crippen LogP contribution in [0.5, 0.6) is 5.75 Å². The number of hydrogen-bond donors (Lipinski definition) is 1. The fourth-order valence-corrected chi connectivity index (χ4v) is 2.83. The van der Waals surface area contributed by atoms with E-state index in [9.17, 15) is 14.3 Å². The largest absolute Gasteiger partial charge is 0.490 e. The molecule has 0 saturated carbocycles. The number of aliphatic carboxylic acids is 1. The summed E-state index contributed by atoms with van der Waals surface area (Å²) < 4.78 is 23.9. The SMILES string of the molecule is C=CCOc1ccc(/C=C(\Sc2nnc(-c3ccc(F)cc3)o2)C(=O)O)cc1. The number of hydrogen-bond acceptors (Lipinski definition) is 6. The average molecular weight is 398 g/mol. The highest BCUT2D eigenvalue weighted by atomic mass is 32.2. The summed E-state index contributed by atoms with van der Waals surface area (Å²) in [5, 5.41) is 17.2. The molecule has 1 N–H and O–H groups in total. The highest BCUT2D eigenvalue weighted by Crippen LogP contribution is 2.30. The molecular weight excluding hydrogens is 383 g/mol. The number of thioether (sulfide) groups is 1. The zero-order valence-electron chi connectivity index (χ0n) is 14.5. The highest BCUT2D eigenvalue weighted by molar-refractivity contribution is 8.03. The Hall–Kier alpha value is -3.39. The molecule has 0 aliphatic carbocycles. The molecule has 0 amide bonds. The van der Waals surface area contributed by atoms with Crippen LogP contribution in [0.15, 0.2) is 75.7 Å². The zero-order valence-corrected chi connectivity index (χ0v) is 15.4. The Balaban J connectivity index is 1.76. The topological polar surface area (TPSA) is 85.5 Å². The summed E-state index contributed by atoms with van der Waals surface area (Å²) in [6.45, 7) is 3.97. The van der Waals surface area contributed by atoms with Crippen molar-refractivity contribution in [1.82, 2.24) is 10.2 Å². The van der Waals surface area contributed by atoms with E-state index < -0.39 is 5.97 Å². The summed E-state index contributed by atoms with van der Waals surface area (Å²) in [6, 6.07) is 12.5. The first-order chi connectivity index (χ1) is 13.5. The predicted molar refractivity (Wildman–Crippen MR) is 103 cm³/mol. The molecule has 28 heavy (non-hydrogen) atoms. The molecule has 0 radical (unpaired) electrons. The smallest absolute Gasteiger partial charge is 0.342 e. The number of carboxylic acids is 1. The Bertz CT molecular complexity index is 998. The van der Waals surface area contributed by atoms with Gasteiger partial charge in [0, 0.05) is 5.56 Å². The molecule has 0 fully saturated rings. The van der Waals surface area contributed by atoms with Gasteiger partial charge < -0.3 is 14.3 Å². The van der Waals surface area contributed by atoms with Crippen LogP contribution in [0.4, 0.5) is 4.39 Å². The van der Waals surface area contributed by atoms with Crippen LogP contribution in [0.3, 0.4) is 0 Å². The minimum Gasteiger partial charge on any atom is -0.490 e. The van der Waals surface area contributed by atoms with E-state index in [0.29, 0.717) is 23.5 Å². The van der Waals surface area contributed by atoms with E-state index in [1.165, 1.54) is 30.3 Å². The molecule has 0 saturated heterocycles. The Morgan fingerprint density at radius 1 is 1.18 bits per heavy atom. The quantitative estimate of drug-likeness (QED) is 0.336. The highest BCUT2D eigenvalue weighted by Gasteiger charge is 2.16. The number of carbonyl (C=O) groups is 1. The number of ether oxygens (including phenoxy) is 1. The molecule has 0 aliphatic heterocycles. The normalized spacial score (nSPS) is 11.2. The number of aromatic nitrogens is 2. The van der Waals surface area contributed by atoms with Gasteiger partial charge in [0.2, 0.25) is 5.89 Å². The van der Waals surface area contributed by atoms with Crippen molar-refractivity contribution < 1.29 is 23.4 Å². The van der Waals surface area contributed by atoms with Crippen molar-refractivity contribution in [2.24, 2.45) is 0 Å². The average Bonchev–Trinajstić information content (AvgIpc) is 3.16. The summed E-state index contributed by atoms with van der Waals surface area (Å²) in [6.07, 6.45) is 3.13. The second kappa shape index (κ2) is 9.01. The Labute approximate surface area is 164 Å². The molecular formula is C20H15FN2O4S. The Kier molecular flexibility index (Phi) is 6.23. The number of halogens is 1. The van der Waals surface area contributed by atoms with Crippen molar-refractivity contribution in [3.63, 3.8) is 0 Å². The molecule has 1 heterocycles. The fraction of sp³-hybridized carbons (Fsp3) is 0.0500. The molecule has 6 nitrogen and oxygen atoms in total. The van der Waals surface area contributed by atoms with Crippen LogP contribution in [-0.2, 0) is 4.79 Å². The summed E-state index contributed by atoms with van der Waals surface area (Å²) in [5.41, 5.74) is 1.21. The molecule has 2 aromatic carbocycles. The molecule has 0 unspecified atom stereocenters. The van der Waals surface area contributed by atoms with Crippen molar-refractivity contribution in [1.29, 1.82) is 0 Å². The molecule has 1 aromatic heterocycles. The third kappa shape index (κ3) is 5.08. The first-order valence-corrected chi connectivity index (χ1v) is 8.93. The van der Waals surface area contributed by atoms with Gasteiger partial charge in [-0.05, 0) is 59.8 Å². The second-order valence-corrected chi connectivity index (χ2v) is 6.46. The van der Waals surface area contributed by atoms with E-state index in [1.807, 2.05) is 0 Å². The molecule has 0 atom stereocenters. The van der Waals surface area contributed by atoms with Crippen LogP contribution >= 0.6 is 11.8 Å². The van der Waals surface area contributed by atoms with Crippen molar-refractivity contribution in [3.8, 4) is 17.2 Å². The number of benzene rings is 2. The van der Waals surface area contributed by atoms with E-state index in [-0.39, 0.29) is 21.8 Å². The number of rotatable bonds is 8. The maximum absolute atomic E-state index is 13.0. The van der Waals surface area contributed by atoms with Gasteiger partial charge in [-0.3, -0.25) is 0 Å². The van der Waals surface area contributed by atoms with Gasteiger partial charge in [0.05, 0.1) is 0 Å². The monoisotopic (exact) mass is 398 g/mol. The van der Waals surface area contributed by atoms with Gasteiger partial charge in [0.15, 0.2) is 0 Å². The van der Waals surface area contributed by atoms with Gasteiger partial charge in [-0.25, -0.2) is 9.18 Å². The number of carboxylic acid groups (broad SMARTS) is 1. The first kappa shape index (κ1) is 19.4. The van der Waals surface area contributed by atoms with Gasteiger partial charge in [-0.1, -0.05) is 24.8 Å². The predicted octanol–water partition coefficient (Wildman–Crippen LogP) is 4.66. The summed E-state index contributed by atoms with van der Waals surface area (Å²) in [7, 11) is 0. The molecule has 0 spiro atoms. The number of nitrogens with zero attached hydrogens (tertiary/aromatic N) is 2. The van der Waals surface area contributed by atoms with Crippen molar-refractivity contribution in [2.75, 3.05) is 6.61 Å². The third-order valence-corrected chi connectivity index (χ3v) is 4.30. The summed E-state index contributed by atoms with van der Waals surface area (Å²) in [4.78, 5) is 11.6. The summed E-state index contributed by atoms with van der Waals surface area (Å²) >= 11 is 0.831. The van der Waals surface area contributed by atoms with Crippen LogP contribution in [0.1, 0.15) is 5.56 Å². The fourth-order valence-electron chi connectivity index (χ4n) is 2.16. The lowest BCUT2D eigenvalue weighted by Crippen LogP contribution is -1.97. The summed E-state index contributed by atoms with van der Waals surface area (Å²) in [5.74, 6) is -0.674. The molecule has 3 aromatic rings.